The molecule has 0 saturated carbocycles. The summed E-state index contributed by atoms with van der Waals surface area (Å²) in [5.41, 5.74) is 0. The minimum Gasteiger partial charge on any atom is -0.856 e. The van der Waals surface area contributed by atoms with Crippen molar-refractivity contribution in [2.24, 2.45) is 5.16 Å². The molecule has 0 rings (SSSR count). The Bertz CT molecular complexity index is 81.0. The molecular formula is C3H4NNaO2. The van der Waals surface area contributed by atoms with E-state index in [0.29, 0.717) is 0 Å². The van der Waals surface area contributed by atoms with Crippen LogP contribution in [0.3, 0.4) is 0 Å². The molecule has 0 spiro atoms. The Labute approximate surface area is 63.6 Å². The van der Waals surface area contributed by atoms with Crippen LogP contribution in [0.15, 0.2) is 17.8 Å². The molecule has 4 heteroatoms. The van der Waals surface area contributed by atoms with E-state index in [4.69, 9.17) is 5.21 Å². The van der Waals surface area contributed by atoms with Crippen LogP contribution in [0.25, 0.3) is 0 Å². The smallest absolute Gasteiger partial charge is 0.856 e. The van der Waals surface area contributed by atoms with Crippen LogP contribution in [-0.2, 0) is 0 Å². The van der Waals surface area contributed by atoms with Crippen LogP contribution in [0, 0.1) is 0 Å². The molecule has 3 nitrogen and oxygen atoms in total. The van der Waals surface area contributed by atoms with Gasteiger partial charge in [0.2, 0.25) is 0 Å². The molecule has 0 amide bonds. The normalized spacial score (nSPS) is 9.43. The summed E-state index contributed by atoms with van der Waals surface area (Å²) < 4.78 is 0. The zero-order valence-electron chi connectivity index (χ0n) is 4.09. The van der Waals surface area contributed by atoms with Crippen LogP contribution < -0.4 is 34.7 Å². The van der Waals surface area contributed by atoms with Crippen LogP contribution in [0.1, 0.15) is 0 Å². The Kier molecular flexibility index (Phi) is 8.66. The Morgan fingerprint density at radius 3 is 2.29 bits per heavy atom. The fourth-order valence-electron chi connectivity index (χ4n) is 0.0408. The molecule has 0 fully saturated rings. The van der Waals surface area contributed by atoms with Gasteiger partial charge in [0.05, 0.1) is 0 Å². The van der Waals surface area contributed by atoms with Crippen LogP contribution in [-0.4, -0.2) is 11.1 Å². The van der Waals surface area contributed by atoms with Crippen molar-refractivity contribution in [1.82, 2.24) is 0 Å². The van der Waals surface area contributed by atoms with E-state index in [1.807, 2.05) is 0 Å². The minimum absolute atomic E-state index is 0. The van der Waals surface area contributed by atoms with Gasteiger partial charge in [-0.05, 0) is 0 Å². The maximum absolute atomic E-state index is 9.65. The summed E-state index contributed by atoms with van der Waals surface area (Å²) in [5.74, 6) is -0.713. The Balaban J connectivity index is 0. The molecule has 1 N–H and O–H groups in total. The average Bonchev–Trinajstić information content (AvgIpc) is 1.65. The van der Waals surface area contributed by atoms with E-state index >= 15 is 0 Å². The number of nitrogens with zero attached hydrogens (tertiary/aromatic N) is 1. The molecular weight excluding hydrogens is 105 g/mol. The third-order valence-electron chi connectivity index (χ3n) is 0.273. The molecule has 0 aliphatic heterocycles. The van der Waals surface area contributed by atoms with Crippen molar-refractivity contribution in [1.29, 1.82) is 0 Å². The summed E-state index contributed by atoms with van der Waals surface area (Å²) in [6.07, 6.45) is 0.917. The van der Waals surface area contributed by atoms with Gasteiger partial charge < -0.3 is 10.3 Å². The van der Waals surface area contributed by atoms with Crippen LogP contribution >= 0.6 is 0 Å². The second-order valence-electron chi connectivity index (χ2n) is 0.642. The predicted octanol–water partition coefficient (Wildman–Crippen LogP) is -3.68. The summed E-state index contributed by atoms with van der Waals surface area (Å²) >= 11 is 0. The van der Waals surface area contributed by atoms with E-state index < -0.39 is 5.90 Å². The molecule has 0 heterocycles. The second-order valence-corrected chi connectivity index (χ2v) is 0.642. The van der Waals surface area contributed by atoms with E-state index in [0.717, 1.165) is 6.08 Å². The molecule has 0 radical (unpaired) electrons. The largest absolute Gasteiger partial charge is 1.00 e. The standard InChI is InChI=1S/C3H5NO2.Na/c1-2-3(5)4-6;/h2,6H,1H2,(H,4,5);/q;+1/p-1. The van der Waals surface area contributed by atoms with E-state index in [2.05, 4.69) is 11.7 Å². The fourth-order valence-corrected chi connectivity index (χ4v) is 0.0408. The molecule has 0 aliphatic carbocycles. The third kappa shape index (κ3) is 6.01. The molecule has 0 atom stereocenters. The van der Waals surface area contributed by atoms with Crippen LogP contribution in [0.5, 0.6) is 0 Å². The van der Waals surface area contributed by atoms with Gasteiger partial charge in [-0.25, -0.2) is 0 Å². The molecule has 0 saturated heterocycles. The van der Waals surface area contributed by atoms with Gasteiger partial charge in [0, 0.05) is 5.90 Å². The summed E-state index contributed by atoms with van der Waals surface area (Å²) in [7, 11) is 0. The van der Waals surface area contributed by atoms with Crippen molar-refractivity contribution >= 4 is 5.90 Å². The Morgan fingerprint density at radius 1 is 1.86 bits per heavy atom. The molecule has 7 heavy (non-hydrogen) atoms. The molecule has 0 aromatic heterocycles. The van der Waals surface area contributed by atoms with Crippen molar-refractivity contribution < 1.29 is 39.9 Å². The topological polar surface area (TPSA) is 55.7 Å². The summed E-state index contributed by atoms with van der Waals surface area (Å²) in [4.78, 5) is 0. The first-order valence-electron chi connectivity index (χ1n) is 1.32. The summed E-state index contributed by atoms with van der Waals surface area (Å²) in [5, 5.41) is 19.4. The van der Waals surface area contributed by atoms with Crippen LogP contribution in [0.4, 0.5) is 0 Å². The first kappa shape index (κ1) is 10.1. The summed E-state index contributed by atoms with van der Waals surface area (Å²) in [6, 6.07) is 0. The van der Waals surface area contributed by atoms with Gasteiger partial charge in [0.1, 0.15) is 0 Å². The first-order valence-corrected chi connectivity index (χ1v) is 1.32. The molecule has 0 bridgehead atoms. The van der Waals surface area contributed by atoms with Gasteiger partial charge >= 0.3 is 29.6 Å². The average molecular weight is 109 g/mol. The van der Waals surface area contributed by atoms with Gasteiger partial charge in [-0.1, -0.05) is 12.7 Å². The maximum atomic E-state index is 9.65. The van der Waals surface area contributed by atoms with Crippen molar-refractivity contribution in [3.8, 4) is 0 Å². The van der Waals surface area contributed by atoms with E-state index in [9.17, 15) is 5.11 Å². The van der Waals surface area contributed by atoms with Crippen LogP contribution in [0.2, 0.25) is 0 Å². The zero-order chi connectivity index (χ0) is 4.99. The molecule has 0 aliphatic rings. The predicted molar refractivity (Wildman–Crippen MR) is 19.4 cm³/mol. The van der Waals surface area contributed by atoms with E-state index in [1.165, 1.54) is 0 Å². The molecule has 0 aromatic carbocycles. The third-order valence-corrected chi connectivity index (χ3v) is 0.273. The van der Waals surface area contributed by atoms with Crippen molar-refractivity contribution in [2.75, 3.05) is 0 Å². The van der Waals surface area contributed by atoms with E-state index in [-0.39, 0.29) is 29.6 Å². The number of hydrogen-bond acceptors (Lipinski definition) is 3. The first-order chi connectivity index (χ1) is 2.81. The van der Waals surface area contributed by atoms with Crippen molar-refractivity contribution in [2.45, 2.75) is 0 Å². The van der Waals surface area contributed by atoms with E-state index in [1.54, 1.807) is 0 Å². The SMILES string of the molecule is C=CC([O-])=NO.[Na+]. The molecule has 0 unspecified atom stereocenters. The second kappa shape index (κ2) is 6.01. The number of hydrogen-bond donors (Lipinski definition) is 1. The van der Waals surface area contributed by atoms with Gasteiger partial charge in [0.25, 0.3) is 0 Å². The molecule has 34 valence electrons. The van der Waals surface area contributed by atoms with Crippen molar-refractivity contribution in [3.63, 3.8) is 0 Å². The number of oxime groups is 1. The Morgan fingerprint density at radius 2 is 2.29 bits per heavy atom. The monoisotopic (exact) mass is 109 g/mol. The van der Waals surface area contributed by atoms with Crippen molar-refractivity contribution in [3.05, 3.63) is 12.7 Å². The minimum atomic E-state index is -0.713. The Hall–Kier alpha value is 0.0100. The van der Waals surface area contributed by atoms with Gasteiger partial charge in [-0.3, -0.25) is 0 Å². The maximum Gasteiger partial charge on any atom is 1.00 e. The quantitative estimate of drug-likeness (QED) is 0.124. The number of rotatable bonds is 1. The zero-order valence-corrected chi connectivity index (χ0v) is 6.09. The van der Waals surface area contributed by atoms with Gasteiger partial charge in [-0.2, -0.15) is 0 Å². The fraction of sp³-hybridized carbons (Fsp3) is 0. The van der Waals surface area contributed by atoms with Gasteiger partial charge in [-0.15, -0.1) is 5.16 Å². The van der Waals surface area contributed by atoms with Gasteiger partial charge in [0.15, 0.2) is 0 Å². The molecule has 0 aromatic rings. The summed E-state index contributed by atoms with van der Waals surface area (Å²) in [6.45, 7) is 3.03.